The van der Waals surface area contributed by atoms with Gasteiger partial charge in [0.25, 0.3) is 0 Å². The molecule has 1 aromatic heterocycles. The molecule has 0 aliphatic heterocycles. The van der Waals surface area contributed by atoms with Crippen LogP contribution in [0.4, 0.5) is 5.69 Å². The molecule has 8 aromatic rings. The van der Waals surface area contributed by atoms with Gasteiger partial charge in [0.15, 0.2) is 0 Å². The number of allylic oxidation sites excluding steroid dienone is 7. The Bertz CT molecular complexity index is 2980. The molecular formula is C73H92N2. The Morgan fingerprint density at radius 3 is 1.60 bits per heavy atom. The molecule has 75 heavy (non-hydrogen) atoms. The zero-order chi connectivity index (χ0) is 55.7. The number of aromatic nitrogens is 1. The fourth-order valence-electron chi connectivity index (χ4n) is 8.90. The summed E-state index contributed by atoms with van der Waals surface area (Å²) in [7, 11) is 0. The van der Waals surface area contributed by atoms with E-state index in [2.05, 4.69) is 252 Å². The van der Waals surface area contributed by atoms with Crippen LogP contribution < -0.4 is 4.90 Å². The van der Waals surface area contributed by atoms with Crippen LogP contribution in [0.5, 0.6) is 0 Å². The zero-order valence-electron chi connectivity index (χ0n) is 48.8. The topological polar surface area (TPSA) is 8.17 Å². The molecule has 1 atom stereocenters. The predicted octanol–water partition coefficient (Wildman–Crippen LogP) is 22.9. The Morgan fingerprint density at radius 2 is 1.09 bits per heavy atom. The minimum absolute atomic E-state index is 0.0499. The van der Waals surface area contributed by atoms with E-state index < -0.39 is 0 Å². The molecule has 0 saturated heterocycles. The summed E-state index contributed by atoms with van der Waals surface area (Å²) in [4.78, 5) is 2.38. The smallest absolute Gasteiger partial charge is 0.0619 e. The molecule has 0 aliphatic carbocycles. The highest BCUT2D eigenvalue weighted by molar-refractivity contribution is 6.15. The maximum atomic E-state index is 4.21. The second-order valence-corrected chi connectivity index (χ2v) is 16.6. The molecule has 0 spiro atoms. The van der Waals surface area contributed by atoms with Crippen LogP contribution in [0.15, 0.2) is 232 Å². The van der Waals surface area contributed by atoms with Crippen molar-refractivity contribution in [2.45, 2.75) is 123 Å². The van der Waals surface area contributed by atoms with E-state index in [0.717, 1.165) is 23.5 Å². The van der Waals surface area contributed by atoms with Crippen molar-refractivity contribution >= 4 is 33.1 Å². The molecule has 0 fully saturated rings. The van der Waals surface area contributed by atoms with Gasteiger partial charge in [-0.3, -0.25) is 0 Å². The third-order valence-corrected chi connectivity index (χ3v) is 11.7. The lowest BCUT2D eigenvalue weighted by Gasteiger charge is -2.32. The monoisotopic (exact) mass is 997 g/mol. The Hall–Kier alpha value is -7.42. The molecule has 0 radical (unpaired) electrons. The van der Waals surface area contributed by atoms with Gasteiger partial charge in [-0.15, -0.1) is 13.2 Å². The average molecular weight is 998 g/mol. The van der Waals surface area contributed by atoms with Gasteiger partial charge in [0.1, 0.15) is 0 Å². The Labute approximate surface area is 456 Å². The van der Waals surface area contributed by atoms with E-state index in [0.29, 0.717) is 6.54 Å². The van der Waals surface area contributed by atoms with Gasteiger partial charge in [0.2, 0.25) is 0 Å². The minimum Gasteiger partial charge on any atom is -0.337 e. The van der Waals surface area contributed by atoms with E-state index in [9.17, 15) is 0 Å². The first-order chi connectivity index (χ1) is 36.8. The summed E-state index contributed by atoms with van der Waals surface area (Å²) in [6.07, 6.45) is 16.6. The summed E-state index contributed by atoms with van der Waals surface area (Å²) in [5.41, 5.74) is 17.7. The maximum absolute atomic E-state index is 4.21. The third-order valence-electron chi connectivity index (χ3n) is 11.7. The van der Waals surface area contributed by atoms with Gasteiger partial charge >= 0.3 is 0 Å². The fraction of sp³-hybridized carbons (Fsp3) is 0.260. The summed E-state index contributed by atoms with van der Waals surface area (Å²) in [5, 5.41) is 2.45. The number of rotatable bonds is 15. The van der Waals surface area contributed by atoms with Crippen molar-refractivity contribution in [3.63, 3.8) is 0 Å². The van der Waals surface area contributed by atoms with Crippen molar-refractivity contribution in [3.8, 4) is 39.1 Å². The number of hydrogen-bond donors (Lipinski definition) is 0. The maximum Gasteiger partial charge on any atom is 0.0619 e. The Morgan fingerprint density at radius 1 is 0.573 bits per heavy atom. The molecule has 1 heterocycles. The van der Waals surface area contributed by atoms with Gasteiger partial charge < -0.3 is 9.47 Å². The molecule has 0 saturated carbocycles. The lowest BCUT2D eigenvalue weighted by molar-refractivity contribution is 0.932. The van der Waals surface area contributed by atoms with Crippen molar-refractivity contribution in [3.05, 3.63) is 248 Å². The van der Waals surface area contributed by atoms with Crippen molar-refractivity contribution in [2.75, 3.05) is 11.4 Å². The molecule has 7 aromatic carbocycles. The lowest BCUT2D eigenvalue weighted by atomic mass is 9.87. The Kier molecular flexibility index (Phi) is 30.3. The second-order valence-electron chi connectivity index (χ2n) is 16.6. The number of nitrogens with zero attached hydrogens (tertiary/aromatic N) is 2. The normalized spacial score (nSPS) is 11.0. The van der Waals surface area contributed by atoms with Gasteiger partial charge in [0.05, 0.1) is 16.7 Å². The van der Waals surface area contributed by atoms with E-state index in [4.69, 9.17) is 0 Å². The van der Waals surface area contributed by atoms with Crippen LogP contribution in [0.1, 0.15) is 133 Å². The standard InChI is InChI=1S/C60H54N2.C3H8.5C2H6/c1-7-23-45-38-54(59(55(39-45)47-28-17-12-18-29-47)61(36-10-4)51(24-8-2)25-9-3)44(6)37-43(5)49-34-35-53-57-41-50(46-26-15-11-16-27-46)40-56(48-30-19-13-20-31-48)60(57)62(58(53)42-49)52-32-21-14-22-33-52;1-3-2;5*1-2/h7-22,24-35,37-42,44H,1-2,4,23,36H2,3,5-6H3;3H2,1-2H3;5*1-2H3/b25-9-,43-37+,51-24+;;;;;;. The lowest BCUT2D eigenvalue weighted by Crippen LogP contribution is -2.24. The highest BCUT2D eigenvalue weighted by Gasteiger charge is 2.24. The molecule has 0 amide bonds. The summed E-state index contributed by atoms with van der Waals surface area (Å²) < 4.78 is 2.47. The minimum atomic E-state index is 0.0499. The number of benzene rings is 7. The van der Waals surface area contributed by atoms with E-state index in [1.807, 2.05) is 87.5 Å². The first-order valence-electron chi connectivity index (χ1n) is 28.0. The van der Waals surface area contributed by atoms with E-state index >= 15 is 0 Å². The first-order valence-corrected chi connectivity index (χ1v) is 28.0. The number of para-hydroxylation sites is 1. The predicted molar refractivity (Wildman–Crippen MR) is 343 cm³/mol. The molecule has 0 N–H and O–H groups in total. The Balaban J connectivity index is 0.00000137. The largest absolute Gasteiger partial charge is 0.337 e. The molecule has 1 unspecified atom stereocenters. The molecule has 394 valence electrons. The van der Waals surface area contributed by atoms with Gasteiger partial charge in [-0.05, 0) is 113 Å². The van der Waals surface area contributed by atoms with E-state index in [1.165, 1.54) is 83.9 Å². The highest BCUT2D eigenvalue weighted by atomic mass is 15.1. The number of anilines is 1. The van der Waals surface area contributed by atoms with Crippen LogP contribution in [0.3, 0.4) is 0 Å². The molecule has 0 aliphatic rings. The van der Waals surface area contributed by atoms with Crippen LogP contribution in [-0.2, 0) is 6.42 Å². The fourth-order valence-corrected chi connectivity index (χ4v) is 8.90. The first kappa shape index (κ1) is 63.7. The summed E-state index contributed by atoms with van der Waals surface area (Å²) in [6, 6.07) is 59.5. The van der Waals surface area contributed by atoms with Crippen molar-refractivity contribution in [1.29, 1.82) is 0 Å². The molecule has 8 rings (SSSR count). The molecule has 2 nitrogen and oxygen atoms in total. The third kappa shape index (κ3) is 16.5. The second kappa shape index (κ2) is 35.7. The van der Waals surface area contributed by atoms with Crippen LogP contribution >= 0.6 is 0 Å². The number of hydrogen-bond acceptors (Lipinski definition) is 1. The van der Waals surface area contributed by atoms with Crippen molar-refractivity contribution in [2.24, 2.45) is 0 Å². The van der Waals surface area contributed by atoms with Gasteiger partial charge in [0, 0.05) is 45.7 Å². The SMILES string of the molecule is C=C/C=C(\C=C/C)N(CC=C)c1c(-c2ccccc2)cc(CC=C)cc1C(C)/C=C(\C)c1ccc2c3cc(-c4ccccc4)cc(-c4ccccc4)c3n(-c3ccccc3)c2c1.CC.CC.CC.CC.CC.CCC. The zero-order valence-corrected chi connectivity index (χ0v) is 48.8. The van der Waals surface area contributed by atoms with Crippen LogP contribution in [0, 0.1) is 0 Å². The molecular weight excluding hydrogens is 905 g/mol. The average Bonchev–Trinajstić information content (AvgIpc) is 3.81. The van der Waals surface area contributed by atoms with Gasteiger partial charge in [-0.25, -0.2) is 0 Å². The molecule has 0 bridgehead atoms. The van der Waals surface area contributed by atoms with Gasteiger partial charge in [-0.1, -0.05) is 261 Å². The van der Waals surface area contributed by atoms with Crippen LogP contribution in [0.2, 0.25) is 0 Å². The number of fused-ring (bicyclic) bond motifs is 3. The van der Waals surface area contributed by atoms with Crippen molar-refractivity contribution in [1.82, 2.24) is 4.57 Å². The highest BCUT2D eigenvalue weighted by Crippen LogP contribution is 2.44. The van der Waals surface area contributed by atoms with Crippen molar-refractivity contribution < 1.29 is 0 Å². The van der Waals surface area contributed by atoms with E-state index in [1.54, 1.807) is 0 Å². The van der Waals surface area contributed by atoms with Crippen LogP contribution in [0.25, 0.3) is 66.4 Å². The summed E-state index contributed by atoms with van der Waals surface area (Å²) >= 11 is 0. The van der Waals surface area contributed by atoms with E-state index in [-0.39, 0.29) is 5.92 Å². The summed E-state index contributed by atoms with van der Waals surface area (Å²) in [6.45, 7) is 43.9. The quantitative estimate of drug-likeness (QED) is 0.0734. The summed E-state index contributed by atoms with van der Waals surface area (Å²) in [5.74, 6) is 0.0499. The molecule has 2 heteroatoms. The van der Waals surface area contributed by atoms with Crippen LogP contribution in [-0.4, -0.2) is 11.1 Å². The van der Waals surface area contributed by atoms with Gasteiger partial charge in [-0.2, -0.15) is 0 Å².